The van der Waals surface area contributed by atoms with E-state index in [1.807, 2.05) is 0 Å². The molecule has 0 saturated carbocycles. The lowest BCUT2D eigenvalue weighted by Crippen LogP contribution is -2.34. The van der Waals surface area contributed by atoms with Gasteiger partial charge in [0.05, 0.1) is 16.7 Å². The molecule has 1 aromatic rings. The summed E-state index contributed by atoms with van der Waals surface area (Å²) in [4.78, 5) is 23.8. The fourth-order valence-electron chi connectivity index (χ4n) is 1.99. The Bertz CT molecular complexity index is 533. The summed E-state index contributed by atoms with van der Waals surface area (Å²) in [5.41, 5.74) is 6.70. The van der Waals surface area contributed by atoms with Crippen molar-refractivity contribution in [3.05, 3.63) is 32.3 Å². The summed E-state index contributed by atoms with van der Waals surface area (Å²) in [6.07, 6.45) is 0.562. The van der Waals surface area contributed by atoms with Gasteiger partial charge in [-0.25, -0.2) is 0 Å². The number of anilines is 1. The summed E-state index contributed by atoms with van der Waals surface area (Å²) >= 11 is 3.33. The van der Waals surface area contributed by atoms with E-state index in [0.29, 0.717) is 28.7 Å². The molecule has 2 N–H and O–H groups in total. The van der Waals surface area contributed by atoms with Crippen LogP contribution in [0, 0.1) is 17.0 Å². The smallest absolute Gasteiger partial charge is 0.274 e. The van der Waals surface area contributed by atoms with Crippen molar-refractivity contribution in [3.8, 4) is 0 Å². The molecule has 6 nitrogen and oxygen atoms in total. The van der Waals surface area contributed by atoms with E-state index < -0.39 is 11.0 Å². The van der Waals surface area contributed by atoms with Gasteiger partial charge < -0.3 is 10.6 Å². The number of amides is 1. The molecule has 96 valence electrons. The number of nitrogens with two attached hydrogens (primary N) is 1. The first-order chi connectivity index (χ1) is 8.41. The van der Waals surface area contributed by atoms with Crippen molar-refractivity contribution in [2.75, 3.05) is 11.4 Å². The van der Waals surface area contributed by atoms with Crippen LogP contribution < -0.4 is 10.6 Å². The number of hydrogen-bond acceptors (Lipinski definition) is 4. The first kappa shape index (κ1) is 13.0. The van der Waals surface area contributed by atoms with Crippen molar-refractivity contribution in [1.82, 2.24) is 0 Å². The number of carbonyl (C=O) groups is 1. The number of nitrogens with zero attached hydrogens (tertiary/aromatic N) is 2. The average Bonchev–Trinajstić information content (AvgIpc) is 2.60. The van der Waals surface area contributed by atoms with E-state index in [1.54, 1.807) is 13.0 Å². The molecule has 18 heavy (non-hydrogen) atoms. The van der Waals surface area contributed by atoms with Crippen LogP contribution in [-0.4, -0.2) is 23.4 Å². The molecule has 1 aliphatic rings. The second kappa shape index (κ2) is 4.66. The zero-order chi connectivity index (χ0) is 13.4. The van der Waals surface area contributed by atoms with E-state index in [2.05, 4.69) is 15.9 Å². The summed E-state index contributed by atoms with van der Waals surface area (Å²) in [6, 6.07) is 2.54. The molecule has 1 saturated heterocycles. The zero-order valence-corrected chi connectivity index (χ0v) is 11.3. The number of hydrogen-bond donors (Lipinski definition) is 1. The molecule has 0 radical (unpaired) electrons. The third kappa shape index (κ3) is 2.11. The molecule has 0 aromatic heterocycles. The van der Waals surface area contributed by atoms with Crippen LogP contribution in [0.2, 0.25) is 0 Å². The highest BCUT2D eigenvalue weighted by molar-refractivity contribution is 9.10. The van der Waals surface area contributed by atoms with Gasteiger partial charge in [-0.15, -0.1) is 0 Å². The number of aryl methyl sites for hydroxylation is 1. The van der Waals surface area contributed by atoms with Gasteiger partial charge >= 0.3 is 0 Å². The largest absolute Gasteiger partial charge is 0.320 e. The van der Waals surface area contributed by atoms with Crippen molar-refractivity contribution in [1.29, 1.82) is 0 Å². The standard InChI is InChI=1S/C11H12BrN3O3/c1-6-4-7(12)10(5-9(6)15(17)18)14-3-2-8(13)11(14)16/h4-5,8H,2-3,13H2,1H3. The van der Waals surface area contributed by atoms with Gasteiger partial charge in [0.2, 0.25) is 5.91 Å². The van der Waals surface area contributed by atoms with Gasteiger partial charge in [0.1, 0.15) is 0 Å². The van der Waals surface area contributed by atoms with Crippen molar-refractivity contribution in [3.63, 3.8) is 0 Å². The molecule has 2 rings (SSSR count). The van der Waals surface area contributed by atoms with Crippen LogP contribution in [0.1, 0.15) is 12.0 Å². The van der Waals surface area contributed by atoms with Gasteiger partial charge in [-0.3, -0.25) is 14.9 Å². The Morgan fingerprint density at radius 2 is 2.22 bits per heavy atom. The second-order valence-electron chi connectivity index (χ2n) is 4.23. The molecule has 1 amide bonds. The van der Waals surface area contributed by atoms with Crippen LogP contribution in [0.3, 0.4) is 0 Å². The number of nitro groups is 1. The lowest BCUT2D eigenvalue weighted by molar-refractivity contribution is -0.385. The monoisotopic (exact) mass is 313 g/mol. The fourth-order valence-corrected chi connectivity index (χ4v) is 2.67. The van der Waals surface area contributed by atoms with Gasteiger partial charge in [0, 0.05) is 22.6 Å². The van der Waals surface area contributed by atoms with Crippen LogP contribution in [0.5, 0.6) is 0 Å². The molecule has 1 aromatic carbocycles. The fraction of sp³-hybridized carbons (Fsp3) is 0.364. The average molecular weight is 314 g/mol. The summed E-state index contributed by atoms with van der Waals surface area (Å²) < 4.78 is 0.660. The zero-order valence-electron chi connectivity index (χ0n) is 9.72. The number of benzene rings is 1. The van der Waals surface area contributed by atoms with Crippen LogP contribution >= 0.6 is 15.9 Å². The maximum atomic E-state index is 11.8. The third-order valence-corrected chi connectivity index (χ3v) is 3.63. The van der Waals surface area contributed by atoms with E-state index >= 15 is 0 Å². The highest BCUT2D eigenvalue weighted by atomic mass is 79.9. The van der Waals surface area contributed by atoms with Crippen LogP contribution in [0.4, 0.5) is 11.4 Å². The molecule has 1 fully saturated rings. The molecule has 0 bridgehead atoms. The Morgan fingerprint density at radius 3 is 2.72 bits per heavy atom. The maximum Gasteiger partial charge on any atom is 0.274 e. The molecule has 7 heteroatoms. The molecule has 0 spiro atoms. The Morgan fingerprint density at radius 1 is 1.56 bits per heavy atom. The molecule has 1 heterocycles. The third-order valence-electron chi connectivity index (χ3n) is 3.00. The number of carbonyl (C=O) groups excluding carboxylic acids is 1. The minimum absolute atomic E-state index is 0.00136. The number of nitro benzene ring substituents is 1. The lowest BCUT2D eigenvalue weighted by Gasteiger charge is -2.18. The number of halogens is 1. The summed E-state index contributed by atoms with van der Waals surface area (Å²) in [7, 11) is 0. The Hall–Kier alpha value is -1.47. The van der Waals surface area contributed by atoms with E-state index in [9.17, 15) is 14.9 Å². The quantitative estimate of drug-likeness (QED) is 0.665. The molecule has 1 unspecified atom stereocenters. The van der Waals surface area contributed by atoms with Crippen molar-refractivity contribution < 1.29 is 9.72 Å². The van der Waals surface area contributed by atoms with Gasteiger partial charge in [-0.05, 0) is 35.3 Å². The van der Waals surface area contributed by atoms with Gasteiger partial charge in [-0.2, -0.15) is 0 Å². The molecular formula is C11H12BrN3O3. The first-order valence-electron chi connectivity index (χ1n) is 5.43. The molecular weight excluding hydrogens is 302 g/mol. The maximum absolute atomic E-state index is 11.8. The Labute approximate surface area is 112 Å². The lowest BCUT2D eigenvalue weighted by atomic mass is 10.1. The topological polar surface area (TPSA) is 89.5 Å². The Kier molecular flexibility index (Phi) is 3.36. The van der Waals surface area contributed by atoms with Crippen molar-refractivity contribution in [2.45, 2.75) is 19.4 Å². The minimum atomic E-state index is -0.516. The van der Waals surface area contributed by atoms with Crippen LogP contribution in [0.15, 0.2) is 16.6 Å². The van der Waals surface area contributed by atoms with E-state index in [0.717, 1.165) is 0 Å². The summed E-state index contributed by atoms with van der Waals surface area (Å²) in [6.45, 7) is 2.14. The Balaban J connectivity index is 2.48. The van der Waals surface area contributed by atoms with E-state index in [-0.39, 0.29) is 11.6 Å². The van der Waals surface area contributed by atoms with Gasteiger partial charge in [0.25, 0.3) is 5.69 Å². The molecule has 0 aliphatic carbocycles. The molecule has 1 atom stereocenters. The predicted molar refractivity (Wildman–Crippen MR) is 70.5 cm³/mol. The summed E-state index contributed by atoms with van der Waals surface area (Å²) in [5, 5.41) is 10.9. The minimum Gasteiger partial charge on any atom is -0.320 e. The van der Waals surface area contributed by atoms with E-state index in [4.69, 9.17) is 5.73 Å². The van der Waals surface area contributed by atoms with Crippen LogP contribution in [-0.2, 0) is 4.79 Å². The summed E-state index contributed by atoms with van der Waals surface area (Å²) in [5.74, 6) is -0.200. The highest BCUT2D eigenvalue weighted by Gasteiger charge is 2.31. The first-order valence-corrected chi connectivity index (χ1v) is 6.22. The van der Waals surface area contributed by atoms with Gasteiger partial charge in [-0.1, -0.05) is 0 Å². The second-order valence-corrected chi connectivity index (χ2v) is 5.09. The normalized spacial score (nSPS) is 19.4. The van der Waals surface area contributed by atoms with Gasteiger partial charge in [0.15, 0.2) is 0 Å². The number of rotatable bonds is 2. The van der Waals surface area contributed by atoms with Crippen molar-refractivity contribution in [2.24, 2.45) is 5.73 Å². The molecule has 1 aliphatic heterocycles. The predicted octanol–water partition coefficient (Wildman–Crippen LogP) is 1.73. The van der Waals surface area contributed by atoms with E-state index in [1.165, 1.54) is 11.0 Å². The van der Waals surface area contributed by atoms with Crippen molar-refractivity contribution >= 4 is 33.2 Å². The van der Waals surface area contributed by atoms with Crippen LogP contribution in [0.25, 0.3) is 0 Å². The highest BCUT2D eigenvalue weighted by Crippen LogP contribution is 2.35. The SMILES string of the molecule is Cc1cc(Br)c(N2CCC(N)C2=O)cc1[N+](=O)[O-].